The molecule has 144 valence electrons. The third-order valence-corrected chi connectivity index (χ3v) is 5.47. The van der Waals surface area contributed by atoms with Gasteiger partial charge in [0.25, 0.3) is 0 Å². The maximum absolute atomic E-state index is 12.7. The molecule has 0 N–H and O–H groups in total. The molecule has 0 aliphatic carbocycles. The van der Waals surface area contributed by atoms with Gasteiger partial charge < -0.3 is 14.2 Å². The Labute approximate surface area is 159 Å². The van der Waals surface area contributed by atoms with E-state index in [2.05, 4.69) is 33.6 Å². The van der Waals surface area contributed by atoms with E-state index in [1.807, 2.05) is 23.2 Å². The highest BCUT2D eigenvalue weighted by Gasteiger charge is 2.44. The van der Waals surface area contributed by atoms with Crippen LogP contribution >= 0.6 is 0 Å². The number of carbonyl (C=O) groups is 1. The molecule has 27 heavy (non-hydrogen) atoms. The molecule has 0 radical (unpaired) electrons. The third kappa shape index (κ3) is 3.88. The molecule has 2 aliphatic rings. The summed E-state index contributed by atoms with van der Waals surface area (Å²) in [6, 6.07) is 3.92. The van der Waals surface area contributed by atoms with Crippen molar-refractivity contribution in [3.63, 3.8) is 0 Å². The summed E-state index contributed by atoms with van der Waals surface area (Å²) in [7, 11) is 0. The standard InChI is InChI=1S/C20H27N5O2/c1-15(2)10-17-22-23-18-12-27-20(14-25(17)18)7-9-24(13-20)19(26)6-5-16-4-3-8-21-11-16/h3-4,8,11,15H,5-7,9-10,12-14H2,1-2H3. The molecular formula is C20H27N5O2. The Bertz CT molecular complexity index is 804. The highest BCUT2D eigenvalue weighted by Crippen LogP contribution is 2.33. The normalized spacial score (nSPS) is 21.8. The second kappa shape index (κ2) is 7.38. The molecule has 0 saturated carbocycles. The number of pyridine rings is 1. The summed E-state index contributed by atoms with van der Waals surface area (Å²) >= 11 is 0. The molecule has 1 unspecified atom stereocenters. The molecule has 1 atom stereocenters. The van der Waals surface area contributed by atoms with Crippen molar-refractivity contribution in [1.29, 1.82) is 0 Å². The van der Waals surface area contributed by atoms with E-state index < -0.39 is 0 Å². The third-order valence-electron chi connectivity index (χ3n) is 5.47. The molecule has 2 aromatic rings. The lowest BCUT2D eigenvalue weighted by molar-refractivity contribution is -0.133. The number of hydrogen-bond donors (Lipinski definition) is 0. The molecule has 1 amide bonds. The maximum Gasteiger partial charge on any atom is 0.223 e. The largest absolute Gasteiger partial charge is 0.363 e. The number of hydrogen-bond acceptors (Lipinski definition) is 5. The van der Waals surface area contributed by atoms with Crippen molar-refractivity contribution in [3.05, 3.63) is 41.7 Å². The van der Waals surface area contributed by atoms with Crippen molar-refractivity contribution in [3.8, 4) is 0 Å². The lowest BCUT2D eigenvalue weighted by atomic mass is 10.0. The summed E-state index contributed by atoms with van der Waals surface area (Å²) < 4.78 is 8.40. The van der Waals surface area contributed by atoms with E-state index in [-0.39, 0.29) is 11.5 Å². The first kappa shape index (κ1) is 18.1. The number of aromatic nitrogens is 4. The summed E-state index contributed by atoms with van der Waals surface area (Å²) in [5.41, 5.74) is 0.798. The minimum absolute atomic E-state index is 0.191. The maximum atomic E-state index is 12.7. The first-order valence-corrected chi connectivity index (χ1v) is 9.76. The van der Waals surface area contributed by atoms with Crippen LogP contribution in [-0.2, 0) is 35.5 Å². The van der Waals surface area contributed by atoms with E-state index in [0.717, 1.165) is 49.6 Å². The molecule has 0 bridgehead atoms. The van der Waals surface area contributed by atoms with Crippen molar-refractivity contribution in [2.45, 2.75) is 58.3 Å². The van der Waals surface area contributed by atoms with Crippen molar-refractivity contribution < 1.29 is 9.53 Å². The Morgan fingerprint density at radius 1 is 1.33 bits per heavy atom. The van der Waals surface area contributed by atoms with Gasteiger partial charge in [-0.15, -0.1) is 10.2 Å². The number of ether oxygens (including phenoxy) is 1. The first-order valence-electron chi connectivity index (χ1n) is 9.76. The Balaban J connectivity index is 1.39. The summed E-state index contributed by atoms with van der Waals surface area (Å²) in [6.07, 6.45) is 6.60. The van der Waals surface area contributed by atoms with E-state index in [9.17, 15) is 4.79 Å². The zero-order valence-electron chi connectivity index (χ0n) is 16.1. The molecule has 2 aliphatic heterocycles. The van der Waals surface area contributed by atoms with Gasteiger partial charge in [0, 0.05) is 31.8 Å². The summed E-state index contributed by atoms with van der Waals surface area (Å²) in [6.45, 7) is 7.00. The van der Waals surface area contributed by atoms with Gasteiger partial charge in [0.15, 0.2) is 5.82 Å². The molecule has 7 nitrogen and oxygen atoms in total. The molecule has 7 heteroatoms. The van der Waals surface area contributed by atoms with E-state index in [1.165, 1.54) is 0 Å². The van der Waals surface area contributed by atoms with Crippen molar-refractivity contribution >= 4 is 5.91 Å². The Kier molecular flexibility index (Phi) is 4.95. The molecule has 1 spiro atoms. The average molecular weight is 369 g/mol. The second-order valence-corrected chi connectivity index (χ2v) is 8.11. The molecule has 1 saturated heterocycles. The number of nitrogens with zero attached hydrogens (tertiary/aromatic N) is 5. The van der Waals surface area contributed by atoms with Gasteiger partial charge in [-0.1, -0.05) is 19.9 Å². The van der Waals surface area contributed by atoms with Gasteiger partial charge in [0.1, 0.15) is 18.0 Å². The van der Waals surface area contributed by atoms with E-state index in [4.69, 9.17) is 4.74 Å². The van der Waals surface area contributed by atoms with Crippen LogP contribution in [-0.4, -0.2) is 49.2 Å². The predicted molar refractivity (Wildman–Crippen MR) is 99.8 cm³/mol. The molecule has 1 fully saturated rings. The van der Waals surface area contributed by atoms with Gasteiger partial charge in [0.05, 0.1) is 13.1 Å². The van der Waals surface area contributed by atoms with Crippen LogP contribution in [0.5, 0.6) is 0 Å². The van der Waals surface area contributed by atoms with Crippen molar-refractivity contribution in [1.82, 2.24) is 24.6 Å². The lowest BCUT2D eigenvalue weighted by Gasteiger charge is -2.34. The van der Waals surface area contributed by atoms with Gasteiger partial charge >= 0.3 is 0 Å². The molecular weight excluding hydrogens is 342 g/mol. The smallest absolute Gasteiger partial charge is 0.223 e. The van der Waals surface area contributed by atoms with Crippen LogP contribution < -0.4 is 0 Å². The highest BCUT2D eigenvalue weighted by molar-refractivity contribution is 5.77. The van der Waals surface area contributed by atoms with Crippen molar-refractivity contribution in [2.24, 2.45) is 5.92 Å². The van der Waals surface area contributed by atoms with Gasteiger partial charge in [-0.2, -0.15) is 0 Å². The Morgan fingerprint density at radius 2 is 2.22 bits per heavy atom. The van der Waals surface area contributed by atoms with Gasteiger partial charge in [0.2, 0.25) is 5.91 Å². The van der Waals surface area contributed by atoms with Crippen LogP contribution in [0, 0.1) is 5.92 Å². The average Bonchev–Trinajstić information content (AvgIpc) is 3.25. The van der Waals surface area contributed by atoms with Crippen molar-refractivity contribution in [2.75, 3.05) is 13.1 Å². The number of amides is 1. The highest BCUT2D eigenvalue weighted by atomic mass is 16.5. The van der Waals surface area contributed by atoms with Crippen LogP contribution in [0.1, 0.15) is 43.9 Å². The summed E-state index contributed by atoms with van der Waals surface area (Å²) in [4.78, 5) is 18.7. The predicted octanol–water partition coefficient (Wildman–Crippen LogP) is 2.01. The Morgan fingerprint density at radius 3 is 3.00 bits per heavy atom. The monoisotopic (exact) mass is 369 g/mol. The van der Waals surface area contributed by atoms with Crippen LogP contribution in [0.3, 0.4) is 0 Å². The molecule has 0 aromatic carbocycles. The molecule has 4 heterocycles. The van der Waals surface area contributed by atoms with E-state index >= 15 is 0 Å². The van der Waals surface area contributed by atoms with Crippen LogP contribution in [0.25, 0.3) is 0 Å². The van der Waals surface area contributed by atoms with Gasteiger partial charge in [-0.3, -0.25) is 9.78 Å². The molecule has 2 aromatic heterocycles. The number of fused-ring (bicyclic) bond motifs is 1. The molecule has 4 rings (SSSR count). The summed E-state index contributed by atoms with van der Waals surface area (Å²) in [5.74, 6) is 2.66. The minimum atomic E-state index is -0.301. The first-order chi connectivity index (χ1) is 13.0. The van der Waals surface area contributed by atoms with Crippen LogP contribution in [0.15, 0.2) is 24.5 Å². The van der Waals surface area contributed by atoms with Crippen LogP contribution in [0.2, 0.25) is 0 Å². The fraction of sp³-hybridized carbons (Fsp3) is 0.600. The Hall–Kier alpha value is -2.28. The lowest BCUT2D eigenvalue weighted by Crippen LogP contribution is -2.45. The van der Waals surface area contributed by atoms with Gasteiger partial charge in [-0.25, -0.2) is 0 Å². The quantitative estimate of drug-likeness (QED) is 0.806. The second-order valence-electron chi connectivity index (χ2n) is 8.11. The van der Waals surface area contributed by atoms with E-state index in [1.54, 1.807) is 6.20 Å². The topological polar surface area (TPSA) is 73.1 Å². The SMILES string of the molecule is CC(C)Cc1nnc2n1CC1(CCN(C(=O)CCc3cccnc3)C1)OC2. The summed E-state index contributed by atoms with van der Waals surface area (Å²) in [5, 5.41) is 8.64. The number of carbonyl (C=O) groups excluding carboxylic acids is 1. The van der Waals surface area contributed by atoms with E-state index in [0.29, 0.717) is 25.5 Å². The van der Waals surface area contributed by atoms with Gasteiger partial charge in [-0.05, 0) is 30.4 Å². The minimum Gasteiger partial charge on any atom is -0.363 e. The zero-order chi connectivity index (χ0) is 18.9. The zero-order valence-corrected chi connectivity index (χ0v) is 16.1. The fourth-order valence-electron chi connectivity index (χ4n) is 3.99. The number of rotatable bonds is 5. The van der Waals surface area contributed by atoms with Crippen LogP contribution in [0.4, 0.5) is 0 Å². The number of aryl methyl sites for hydroxylation is 1. The fourth-order valence-corrected chi connectivity index (χ4v) is 3.99. The number of likely N-dealkylation sites (tertiary alicyclic amines) is 1.